The lowest BCUT2D eigenvalue weighted by Crippen LogP contribution is -2.10. The van der Waals surface area contributed by atoms with Crippen LogP contribution in [0.5, 0.6) is 0 Å². The molecule has 0 aromatic carbocycles. The van der Waals surface area contributed by atoms with Crippen molar-refractivity contribution in [2.45, 2.75) is 20.0 Å². The van der Waals surface area contributed by atoms with Gasteiger partial charge < -0.3 is 14.2 Å². The fraction of sp³-hybridized carbons (Fsp3) is 0.308. The first-order chi connectivity index (χ1) is 8.15. The van der Waals surface area contributed by atoms with E-state index >= 15 is 0 Å². The minimum Gasteiger partial charge on any atom is -0.461 e. The molecule has 0 saturated heterocycles. The summed E-state index contributed by atoms with van der Waals surface area (Å²) in [4.78, 5) is 11.7. The van der Waals surface area contributed by atoms with E-state index in [1.54, 1.807) is 36.6 Å². The van der Waals surface area contributed by atoms with Gasteiger partial charge in [-0.05, 0) is 32.0 Å². The van der Waals surface area contributed by atoms with Gasteiger partial charge >= 0.3 is 5.97 Å². The van der Waals surface area contributed by atoms with Crippen LogP contribution in [-0.4, -0.2) is 22.1 Å². The molecular weight excluding hydrogens is 218 g/mol. The number of fused-ring (bicyclic) bond motifs is 1. The molecule has 0 saturated carbocycles. The van der Waals surface area contributed by atoms with Gasteiger partial charge in [0.2, 0.25) is 0 Å². The molecule has 0 aliphatic carbocycles. The van der Waals surface area contributed by atoms with Crippen molar-refractivity contribution in [1.29, 1.82) is 0 Å². The van der Waals surface area contributed by atoms with E-state index in [-0.39, 0.29) is 5.97 Å². The Kier molecular flexibility index (Phi) is 3.15. The van der Waals surface area contributed by atoms with Crippen molar-refractivity contribution in [1.82, 2.24) is 4.40 Å². The molecule has 0 bridgehead atoms. The number of ether oxygens (including phenoxy) is 1. The predicted octanol–water partition coefficient (Wildman–Crippen LogP) is 2.17. The van der Waals surface area contributed by atoms with Crippen molar-refractivity contribution in [2.24, 2.45) is 0 Å². The number of pyridine rings is 1. The standard InChI is InChI=1S/C13H15NO3/c1-3-17-13(16)12-7-6-10(9(2)15)11-5-4-8-14(11)12/h4-9,15H,3H2,1-2H3. The highest BCUT2D eigenvalue weighted by atomic mass is 16.5. The molecule has 1 atom stereocenters. The van der Waals surface area contributed by atoms with Gasteiger partial charge in [0.05, 0.1) is 18.2 Å². The zero-order valence-electron chi connectivity index (χ0n) is 9.88. The molecule has 1 unspecified atom stereocenters. The summed E-state index contributed by atoms with van der Waals surface area (Å²) in [5.74, 6) is -0.356. The average molecular weight is 233 g/mol. The smallest absolute Gasteiger partial charge is 0.355 e. The van der Waals surface area contributed by atoms with Crippen LogP contribution in [0.15, 0.2) is 30.5 Å². The van der Waals surface area contributed by atoms with E-state index < -0.39 is 6.10 Å². The van der Waals surface area contributed by atoms with Crippen LogP contribution >= 0.6 is 0 Å². The Hall–Kier alpha value is -1.81. The van der Waals surface area contributed by atoms with Crippen LogP contribution < -0.4 is 0 Å². The van der Waals surface area contributed by atoms with Crippen LogP contribution in [-0.2, 0) is 4.74 Å². The zero-order chi connectivity index (χ0) is 12.4. The van der Waals surface area contributed by atoms with E-state index in [0.717, 1.165) is 11.1 Å². The maximum atomic E-state index is 11.7. The Labute approximate surface area is 99.4 Å². The number of esters is 1. The van der Waals surface area contributed by atoms with Gasteiger partial charge in [0.15, 0.2) is 0 Å². The van der Waals surface area contributed by atoms with Gasteiger partial charge in [-0.3, -0.25) is 0 Å². The van der Waals surface area contributed by atoms with Crippen LogP contribution in [0.25, 0.3) is 5.52 Å². The SMILES string of the molecule is CCOC(=O)c1ccc(C(C)O)c2cccn12. The van der Waals surface area contributed by atoms with Crippen LogP contribution in [0, 0.1) is 0 Å². The molecule has 90 valence electrons. The summed E-state index contributed by atoms with van der Waals surface area (Å²) in [6, 6.07) is 7.13. The summed E-state index contributed by atoms with van der Waals surface area (Å²) in [6.07, 6.45) is 1.22. The Balaban J connectivity index is 2.57. The van der Waals surface area contributed by atoms with E-state index in [2.05, 4.69) is 0 Å². The second-order valence-electron chi connectivity index (χ2n) is 3.83. The highest BCUT2D eigenvalue weighted by Gasteiger charge is 2.14. The van der Waals surface area contributed by atoms with Gasteiger partial charge in [-0.25, -0.2) is 4.79 Å². The lowest BCUT2D eigenvalue weighted by atomic mass is 10.1. The highest BCUT2D eigenvalue weighted by molar-refractivity contribution is 5.89. The normalized spacial score (nSPS) is 12.6. The monoisotopic (exact) mass is 233 g/mol. The third-order valence-corrected chi connectivity index (χ3v) is 2.66. The fourth-order valence-corrected chi connectivity index (χ4v) is 1.89. The molecule has 2 heterocycles. The van der Waals surface area contributed by atoms with Crippen molar-refractivity contribution < 1.29 is 14.6 Å². The Morgan fingerprint density at radius 3 is 2.88 bits per heavy atom. The molecule has 0 aliphatic heterocycles. The number of aliphatic hydroxyl groups excluding tert-OH is 1. The Morgan fingerprint density at radius 2 is 2.24 bits per heavy atom. The molecule has 17 heavy (non-hydrogen) atoms. The van der Waals surface area contributed by atoms with Crippen molar-refractivity contribution in [3.63, 3.8) is 0 Å². The third kappa shape index (κ3) is 2.03. The molecular formula is C13H15NO3. The van der Waals surface area contributed by atoms with Gasteiger partial charge in [0.25, 0.3) is 0 Å². The molecule has 4 nitrogen and oxygen atoms in total. The third-order valence-electron chi connectivity index (χ3n) is 2.66. The first-order valence-corrected chi connectivity index (χ1v) is 5.60. The van der Waals surface area contributed by atoms with Gasteiger partial charge in [-0.15, -0.1) is 0 Å². The van der Waals surface area contributed by atoms with E-state index in [9.17, 15) is 9.90 Å². The molecule has 2 aromatic rings. The van der Waals surface area contributed by atoms with Crippen LogP contribution in [0.2, 0.25) is 0 Å². The Bertz CT molecular complexity index is 543. The summed E-state index contributed by atoms with van der Waals surface area (Å²) in [6.45, 7) is 3.82. The molecule has 2 aromatic heterocycles. The maximum Gasteiger partial charge on any atom is 0.355 e. The van der Waals surface area contributed by atoms with E-state index in [1.165, 1.54) is 0 Å². The van der Waals surface area contributed by atoms with Crippen molar-refractivity contribution in [3.05, 3.63) is 41.7 Å². The van der Waals surface area contributed by atoms with E-state index in [4.69, 9.17) is 4.74 Å². The van der Waals surface area contributed by atoms with Gasteiger partial charge in [0, 0.05) is 11.8 Å². The second kappa shape index (κ2) is 4.59. The summed E-state index contributed by atoms with van der Waals surface area (Å²) < 4.78 is 6.72. The summed E-state index contributed by atoms with van der Waals surface area (Å²) in [5.41, 5.74) is 2.09. The molecule has 1 N–H and O–H groups in total. The zero-order valence-corrected chi connectivity index (χ0v) is 9.88. The van der Waals surface area contributed by atoms with Crippen LogP contribution in [0.1, 0.15) is 36.0 Å². The quantitative estimate of drug-likeness (QED) is 0.826. The van der Waals surface area contributed by atoms with Crippen LogP contribution in [0.3, 0.4) is 0 Å². The lowest BCUT2D eigenvalue weighted by Gasteiger charge is -2.11. The number of aromatic nitrogens is 1. The lowest BCUT2D eigenvalue weighted by molar-refractivity contribution is 0.0517. The summed E-state index contributed by atoms with van der Waals surface area (Å²) >= 11 is 0. The van der Waals surface area contributed by atoms with E-state index in [1.807, 2.05) is 12.1 Å². The minimum absolute atomic E-state index is 0.347. The van der Waals surface area contributed by atoms with Crippen molar-refractivity contribution >= 4 is 11.5 Å². The highest BCUT2D eigenvalue weighted by Crippen LogP contribution is 2.21. The topological polar surface area (TPSA) is 50.9 Å². The van der Waals surface area contributed by atoms with Gasteiger partial charge in [-0.2, -0.15) is 0 Å². The first-order valence-electron chi connectivity index (χ1n) is 5.60. The number of nitrogens with zero attached hydrogens (tertiary/aromatic N) is 1. The average Bonchev–Trinajstić information content (AvgIpc) is 2.76. The molecule has 0 fully saturated rings. The maximum absolute atomic E-state index is 11.7. The summed E-state index contributed by atoms with van der Waals surface area (Å²) in [5, 5.41) is 9.64. The minimum atomic E-state index is -0.566. The number of rotatable bonds is 3. The van der Waals surface area contributed by atoms with Crippen molar-refractivity contribution in [3.8, 4) is 0 Å². The fourth-order valence-electron chi connectivity index (χ4n) is 1.89. The molecule has 2 rings (SSSR count). The number of hydrogen-bond donors (Lipinski definition) is 1. The Morgan fingerprint density at radius 1 is 1.47 bits per heavy atom. The molecule has 4 heteroatoms. The number of carbonyl (C=O) groups excluding carboxylic acids is 1. The van der Waals surface area contributed by atoms with Crippen LogP contribution in [0.4, 0.5) is 0 Å². The number of carbonyl (C=O) groups is 1. The van der Waals surface area contributed by atoms with Crippen molar-refractivity contribution in [2.75, 3.05) is 6.61 Å². The second-order valence-corrected chi connectivity index (χ2v) is 3.83. The first kappa shape index (κ1) is 11.7. The predicted molar refractivity (Wildman–Crippen MR) is 64.0 cm³/mol. The summed E-state index contributed by atoms with van der Waals surface area (Å²) in [7, 11) is 0. The van der Waals surface area contributed by atoms with Gasteiger partial charge in [-0.1, -0.05) is 6.07 Å². The molecule has 0 aliphatic rings. The van der Waals surface area contributed by atoms with E-state index in [0.29, 0.717) is 12.3 Å². The largest absolute Gasteiger partial charge is 0.461 e. The number of hydrogen-bond acceptors (Lipinski definition) is 3. The van der Waals surface area contributed by atoms with Gasteiger partial charge in [0.1, 0.15) is 5.69 Å². The molecule has 0 radical (unpaired) electrons. The molecule has 0 spiro atoms. The number of aliphatic hydroxyl groups is 1. The molecule has 0 amide bonds.